The molecule has 1 atom stereocenters. The van der Waals surface area contributed by atoms with Crippen molar-refractivity contribution in [1.29, 1.82) is 0 Å². The normalized spacial score (nSPS) is 24.9. The third-order valence-electron chi connectivity index (χ3n) is 4.81. The highest BCUT2D eigenvalue weighted by atomic mass is 16.6. The number of hydrogen-bond donors (Lipinski definition) is 2. The maximum atomic E-state index is 12.0. The van der Waals surface area contributed by atoms with E-state index in [0.29, 0.717) is 31.8 Å². The van der Waals surface area contributed by atoms with Crippen LogP contribution in [0.1, 0.15) is 59.3 Å². The Kier molecular flexibility index (Phi) is 4.83. The van der Waals surface area contributed by atoms with Crippen molar-refractivity contribution in [3.8, 4) is 0 Å². The van der Waals surface area contributed by atoms with Crippen molar-refractivity contribution in [2.75, 3.05) is 13.1 Å². The second-order valence-corrected chi connectivity index (χ2v) is 7.64. The zero-order chi connectivity index (χ0) is 15.7. The molecule has 0 bridgehead atoms. The molecular formula is C16H30N2O3. The Morgan fingerprint density at radius 1 is 1.29 bits per heavy atom. The fraction of sp³-hybridized carbons (Fsp3) is 0.938. The maximum absolute atomic E-state index is 12.0. The second-order valence-electron chi connectivity index (χ2n) is 7.64. The molecule has 2 rings (SSSR count). The van der Waals surface area contributed by atoms with Crippen LogP contribution >= 0.6 is 0 Å². The van der Waals surface area contributed by atoms with Gasteiger partial charge in [-0.2, -0.15) is 0 Å². The minimum Gasteiger partial charge on any atom is -0.444 e. The van der Waals surface area contributed by atoms with Gasteiger partial charge in [-0.05, 0) is 52.4 Å². The van der Waals surface area contributed by atoms with Crippen LogP contribution in [0, 0.1) is 5.92 Å². The lowest BCUT2D eigenvalue weighted by Gasteiger charge is -2.43. The average Bonchev–Trinajstić information content (AvgIpc) is 2.90. The summed E-state index contributed by atoms with van der Waals surface area (Å²) in [6.07, 6.45) is 5.49. The van der Waals surface area contributed by atoms with E-state index in [-0.39, 0.29) is 12.1 Å². The highest BCUT2D eigenvalue weighted by Crippen LogP contribution is 2.36. The van der Waals surface area contributed by atoms with E-state index >= 15 is 0 Å². The van der Waals surface area contributed by atoms with Gasteiger partial charge in [0.15, 0.2) is 0 Å². The van der Waals surface area contributed by atoms with Gasteiger partial charge in [0, 0.05) is 19.1 Å². The van der Waals surface area contributed by atoms with Crippen LogP contribution in [0.2, 0.25) is 0 Å². The van der Waals surface area contributed by atoms with Gasteiger partial charge >= 0.3 is 6.09 Å². The lowest BCUT2D eigenvalue weighted by Crippen LogP contribution is -2.58. The molecule has 0 aromatic rings. The molecule has 0 radical (unpaired) electrons. The number of likely N-dealkylation sites (tertiary alicyclic amines) is 1. The molecule has 3 N–H and O–H groups in total. The fourth-order valence-corrected chi connectivity index (χ4v) is 3.49. The maximum Gasteiger partial charge on any atom is 0.410 e. The Balaban J connectivity index is 1.88. The number of rotatable bonds is 2. The number of carbonyl (C=O) groups excluding carboxylic acids is 1. The lowest BCUT2D eigenvalue weighted by atomic mass is 9.78. The van der Waals surface area contributed by atoms with E-state index in [1.807, 2.05) is 20.8 Å². The fourth-order valence-electron chi connectivity index (χ4n) is 3.49. The van der Waals surface area contributed by atoms with Gasteiger partial charge in [-0.1, -0.05) is 12.8 Å². The van der Waals surface area contributed by atoms with Crippen LogP contribution < -0.4 is 5.73 Å². The molecule has 1 saturated carbocycles. The topological polar surface area (TPSA) is 75.8 Å². The Morgan fingerprint density at radius 3 is 2.29 bits per heavy atom. The van der Waals surface area contributed by atoms with Crippen molar-refractivity contribution >= 4 is 6.09 Å². The minimum atomic E-state index is -0.826. The molecule has 1 saturated heterocycles. The first-order chi connectivity index (χ1) is 9.71. The highest BCUT2D eigenvalue weighted by Gasteiger charge is 2.43. The van der Waals surface area contributed by atoms with Gasteiger partial charge in [-0.3, -0.25) is 0 Å². The summed E-state index contributed by atoms with van der Waals surface area (Å²) in [5.74, 6) is 0.433. The first-order valence-corrected chi connectivity index (χ1v) is 8.17. The summed E-state index contributed by atoms with van der Waals surface area (Å²) in [6, 6.07) is -0.166. The van der Waals surface area contributed by atoms with Crippen LogP contribution in [0.5, 0.6) is 0 Å². The zero-order valence-electron chi connectivity index (χ0n) is 13.6. The zero-order valence-corrected chi connectivity index (χ0v) is 13.6. The van der Waals surface area contributed by atoms with E-state index in [9.17, 15) is 9.90 Å². The van der Waals surface area contributed by atoms with Gasteiger partial charge in [-0.15, -0.1) is 0 Å². The summed E-state index contributed by atoms with van der Waals surface area (Å²) >= 11 is 0. The molecule has 1 amide bonds. The third-order valence-corrected chi connectivity index (χ3v) is 4.81. The standard InChI is InChI=1S/C16H30N2O3/c1-15(2,3)21-14(19)18-10-8-16(20,9-11-18)13(17)12-6-4-5-7-12/h12-13,20H,4-11,17H2,1-3H3. The van der Waals surface area contributed by atoms with E-state index in [2.05, 4.69) is 0 Å². The second kappa shape index (κ2) is 6.13. The molecule has 0 aromatic carbocycles. The number of piperidine rings is 1. The Labute approximate surface area is 127 Å². The van der Waals surface area contributed by atoms with E-state index in [1.54, 1.807) is 4.90 Å². The predicted octanol–water partition coefficient (Wildman–Crippen LogP) is 2.27. The van der Waals surface area contributed by atoms with Crippen molar-refractivity contribution in [2.45, 2.75) is 76.5 Å². The largest absolute Gasteiger partial charge is 0.444 e. The van der Waals surface area contributed by atoms with E-state index < -0.39 is 11.2 Å². The van der Waals surface area contributed by atoms with Gasteiger partial charge in [0.1, 0.15) is 5.60 Å². The first kappa shape index (κ1) is 16.6. The molecule has 5 nitrogen and oxygen atoms in total. The summed E-state index contributed by atoms with van der Waals surface area (Å²) in [6.45, 7) is 6.63. The Morgan fingerprint density at radius 2 is 1.81 bits per heavy atom. The Bertz CT molecular complexity index is 364. The van der Waals surface area contributed by atoms with Crippen LogP contribution in [-0.4, -0.2) is 46.4 Å². The summed E-state index contributed by atoms with van der Waals surface area (Å²) in [5, 5.41) is 10.8. The van der Waals surface area contributed by atoms with Crippen LogP contribution in [0.15, 0.2) is 0 Å². The van der Waals surface area contributed by atoms with Crippen LogP contribution in [0.4, 0.5) is 4.79 Å². The molecule has 1 unspecified atom stereocenters. The number of nitrogens with two attached hydrogens (primary N) is 1. The molecule has 2 fully saturated rings. The summed E-state index contributed by atoms with van der Waals surface area (Å²) in [4.78, 5) is 13.7. The predicted molar refractivity (Wildman–Crippen MR) is 81.9 cm³/mol. The molecular weight excluding hydrogens is 268 g/mol. The number of amides is 1. The monoisotopic (exact) mass is 298 g/mol. The SMILES string of the molecule is CC(C)(C)OC(=O)N1CCC(O)(C(N)C2CCCC2)CC1. The molecule has 21 heavy (non-hydrogen) atoms. The molecule has 2 aliphatic rings. The van der Waals surface area contributed by atoms with Gasteiger partial charge < -0.3 is 20.5 Å². The third kappa shape index (κ3) is 4.10. The molecule has 122 valence electrons. The molecule has 1 aliphatic heterocycles. The van der Waals surface area contributed by atoms with E-state index in [0.717, 1.165) is 12.8 Å². The quantitative estimate of drug-likeness (QED) is 0.820. The minimum absolute atomic E-state index is 0.166. The van der Waals surface area contributed by atoms with Crippen molar-refractivity contribution < 1.29 is 14.6 Å². The summed E-state index contributed by atoms with van der Waals surface area (Å²) in [5.41, 5.74) is 5.02. The van der Waals surface area contributed by atoms with E-state index in [1.165, 1.54) is 12.8 Å². The smallest absolute Gasteiger partial charge is 0.410 e. The molecule has 0 spiro atoms. The van der Waals surface area contributed by atoms with Crippen molar-refractivity contribution in [2.24, 2.45) is 11.7 Å². The lowest BCUT2D eigenvalue weighted by molar-refractivity contribution is -0.0576. The Hall–Kier alpha value is -0.810. The number of aliphatic hydroxyl groups is 1. The average molecular weight is 298 g/mol. The molecule has 1 aliphatic carbocycles. The molecule has 5 heteroatoms. The molecule has 1 heterocycles. The van der Waals surface area contributed by atoms with Crippen molar-refractivity contribution in [3.63, 3.8) is 0 Å². The highest BCUT2D eigenvalue weighted by molar-refractivity contribution is 5.68. The van der Waals surface area contributed by atoms with Crippen LogP contribution in [0.25, 0.3) is 0 Å². The van der Waals surface area contributed by atoms with Gasteiger partial charge in [-0.25, -0.2) is 4.79 Å². The summed E-state index contributed by atoms with van der Waals surface area (Å²) in [7, 11) is 0. The summed E-state index contributed by atoms with van der Waals surface area (Å²) < 4.78 is 5.38. The van der Waals surface area contributed by atoms with Crippen molar-refractivity contribution in [3.05, 3.63) is 0 Å². The molecule has 0 aromatic heterocycles. The van der Waals surface area contributed by atoms with Gasteiger partial charge in [0.25, 0.3) is 0 Å². The van der Waals surface area contributed by atoms with Crippen molar-refractivity contribution in [1.82, 2.24) is 4.90 Å². The van der Waals surface area contributed by atoms with Gasteiger partial charge in [0.05, 0.1) is 5.60 Å². The number of nitrogens with zero attached hydrogens (tertiary/aromatic N) is 1. The van der Waals surface area contributed by atoms with Crippen LogP contribution in [-0.2, 0) is 4.74 Å². The first-order valence-electron chi connectivity index (χ1n) is 8.17. The van der Waals surface area contributed by atoms with E-state index in [4.69, 9.17) is 10.5 Å². The number of ether oxygens (including phenoxy) is 1. The number of hydrogen-bond acceptors (Lipinski definition) is 4. The number of carbonyl (C=O) groups is 1. The van der Waals surface area contributed by atoms with Crippen LogP contribution in [0.3, 0.4) is 0 Å². The van der Waals surface area contributed by atoms with Gasteiger partial charge in [0.2, 0.25) is 0 Å².